The molecule has 0 saturated heterocycles. The van der Waals surface area contributed by atoms with Gasteiger partial charge in [-0.15, -0.1) is 0 Å². The van der Waals surface area contributed by atoms with Crippen LogP contribution in [0, 0.1) is 0 Å². The van der Waals surface area contributed by atoms with E-state index in [1.165, 1.54) is 0 Å². The summed E-state index contributed by atoms with van der Waals surface area (Å²) in [7, 11) is 3.74. The second kappa shape index (κ2) is 5.84. The fraction of sp³-hybridized carbons (Fsp3) is 0.462. The molecule has 1 aromatic rings. The lowest BCUT2D eigenvalue weighted by Gasteiger charge is -2.27. The van der Waals surface area contributed by atoms with E-state index in [-0.39, 0.29) is 12.5 Å². The highest BCUT2D eigenvalue weighted by Crippen LogP contribution is 2.07. The molecular formula is C13H21N3O2. The molecular weight excluding hydrogens is 230 g/mol. The predicted molar refractivity (Wildman–Crippen MR) is 72.4 cm³/mol. The van der Waals surface area contributed by atoms with Crippen LogP contribution in [-0.4, -0.2) is 48.7 Å². The minimum atomic E-state index is -0.959. The number of nitrogens with zero attached hydrogens (tertiary/aromatic N) is 1. The largest absolute Gasteiger partial charge is 0.399 e. The van der Waals surface area contributed by atoms with Crippen molar-refractivity contribution in [3.8, 4) is 0 Å². The summed E-state index contributed by atoms with van der Waals surface area (Å²) in [6, 6.07) is 6.74. The summed E-state index contributed by atoms with van der Waals surface area (Å²) in [5, 5.41) is 12.8. The molecule has 5 heteroatoms. The highest BCUT2D eigenvalue weighted by molar-refractivity contribution is 5.95. The van der Waals surface area contributed by atoms with Crippen LogP contribution < -0.4 is 11.1 Å². The summed E-state index contributed by atoms with van der Waals surface area (Å²) in [4.78, 5) is 13.7. The number of carbonyl (C=O) groups excluding carboxylic acids is 1. The first-order chi connectivity index (χ1) is 8.30. The Labute approximate surface area is 108 Å². The molecule has 5 nitrogen and oxygen atoms in total. The molecule has 0 aliphatic heterocycles. The van der Waals surface area contributed by atoms with Crippen molar-refractivity contribution in [2.45, 2.75) is 12.5 Å². The van der Waals surface area contributed by atoms with Crippen molar-refractivity contribution >= 4 is 11.6 Å². The third-order valence-corrected chi connectivity index (χ3v) is 2.44. The molecule has 0 saturated carbocycles. The summed E-state index contributed by atoms with van der Waals surface area (Å²) in [6.07, 6.45) is 0. The number of nitrogens with one attached hydrogen (secondary N) is 1. The van der Waals surface area contributed by atoms with Gasteiger partial charge in [0.2, 0.25) is 0 Å². The first-order valence-electron chi connectivity index (χ1n) is 5.81. The highest BCUT2D eigenvalue weighted by atomic mass is 16.3. The quantitative estimate of drug-likeness (QED) is 0.658. The van der Waals surface area contributed by atoms with E-state index in [0.29, 0.717) is 17.8 Å². The Morgan fingerprint density at radius 1 is 1.50 bits per heavy atom. The second-order valence-corrected chi connectivity index (χ2v) is 5.04. The van der Waals surface area contributed by atoms with Gasteiger partial charge in [-0.2, -0.15) is 0 Å². The fourth-order valence-corrected chi connectivity index (χ4v) is 1.79. The minimum Gasteiger partial charge on any atom is -0.399 e. The molecule has 1 atom stereocenters. The van der Waals surface area contributed by atoms with E-state index in [1.54, 1.807) is 31.2 Å². The van der Waals surface area contributed by atoms with Gasteiger partial charge < -0.3 is 21.1 Å². The predicted octanol–water partition coefficient (Wildman–Crippen LogP) is 0.311. The SMILES string of the molecule is CN(C)CC(C)(O)CNC(=O)c1cccc(N)c1. The van der Waals surface area contributed by atoms with Crippen molar-refractivity contribution in [3.63, 3.8) is 0 Å². The minimum absolute atomic E-state index is 0.193. The zero-order chi connectivity index (χ0) is 13.8. The molecule has 18 heavy (non-hydrogen) atoms. The van der Waals surface area contributed by atoms with E-state index in [2.05, 4.69) is 5.32 Å². The van der Waals surface area contributed by atoms with Gasteiger partial charge in [-0.25, -0.2) is 0 Å². The number of hydrogen-bond acceptors (Lipinski definition) is 4. The van der Waals surface area contributed by atoms with Gasteiger partial charge in [0.15, 0.2) is 0 Å². The Kier molecular flexibility index (Phi) is 4.69. The Morgan fingerprint density at radius 3 is 2.72 bits per heavy atom. The normalized spacial score (nSPS) is 14.3. The average molecular weight is 251 g/mol. The van der Waals surface area contributed by atoms with Crippen molar-refractivity contribution in [2.24, 2.45) is 0 Å². The van der Waals surface area contributed by atoms with Crippen molar-refractivity contribution in [1.82, 2.24) is 10.2 Å². The summed E-state index contributed by atoms with van der Waals surface area (Å²) >= 11 is 0. The maximum atomic E-state index is 11.8. The summed E-state index contributed by atoms with van der Waals surface area (Å²) in [5.41, 5.74) is 5.69. The maximum absolute atomic E-state index is 11.8. The number of nitrogens with two attached hydrogens (primary N) is 1. The van der Waals surface area contributed by atoms with Crippen LogP contribution in [0.5, 0.6) is 0 Å². The average Bonchev–Trinajstić information content (AvgIpc) is 2.24. The molecule has 0 fully saturated rings. The van der Waals surface area contributed by atoms with Crippen LogP contribution in [0.15, 0.2) is 24.3 Å². The van der Waals surface area contributed by atoms with Gasteiger partial charge in [0.05, 0.1) is 5.60 Å². The molecule has 0 bridgehead atoms. The number of anilines is 1. The first kappa shape index (κ1) is 14.5. The molecule has 1 amide bonds. The van der Waals surface area contributed by atoms with Crippen LogP contribution in [0.4, 0.5) is 5.69 Å². The smallest absolute Gasteiger partial charge is 0.251 e. The van der Waals surface area contributed by atoms with Crippen LogP contribution in [0.3, 0.4) is 0 Å². The van der Waals surface area contributed by atoms with E-state index in [4.69, 9.17) is 5.73 Å². The molecule has 0 radical (unpaired) electrons. The Bertz CT molecular complexity index is 416. The van der Waals surface area contributed by atoms with Gasteiger partial charge in [-0.3, -0.25) is 4.79 Å². The summed E-state index contributed by atoms with van der Waals surface area (Å²) in [5.74, 6) is -0.235. The highest BCUT2D eigenvalue weighted by Gasteiger charge is 2.22. The van der Waals surface area contributed by atoms with Gasteiger partial charge in [-0.05, 0) is 39.2 Å². The molecule has 1 unspecified atom stereocenters. The lowest BCUT2D eigenvalue weighted by molar-refractivity contribution is 0.0326. The Balaban J connectivity index is 2.56. The number of nitrogen functional groups attached to an aromatic ring is 1. The number of hydrogen-bond donors (Lipinski definition) is 3. The van der Waals surface area contributed by atoms with Crippen molar-refractivity contribution in [2.75, 3.05) is 32.9 Å². The first-order valence-corrected chi connectivity index (χ1v) is 5.81. The monoisotopic (exact) mass is 251 g/mol. The number of amides is 1. The number of carbonyl (C=O) groups is 1. The molecule has 0 aliphatic carbocycles. The van der Waals surface area contributed by atoms with Crippen molar-refractivity contribution in [1.29, 1.82) is 0 Å². The van der Waals surface area contributed by atoms with E-state index in [0.717, 1.165) is 0 Å². The Hall–Kier alpha value is -1.59. The molecule has 0 aliphatic rings. The van der Waals surface area contributed by atoms with Crippen LogP contribution in [0.2, 0.25) is 0 Å². The Morgan fingerprint density at radius 2 is 2.17 bits per heavy atom. The molecule has 1 aromatic carbocycles. The fourth-order valence-electron chi connectivity index (χ4n) is 1.79. The van der Waals surface area contributed by atoms with E-state index in [9.17, 15) is 9.90 Å². The second-order valence-electron chi connectivity index (χ2n) is 5.04. The summed E-state index contributed by atoms with van der Waals surface area (Å²) < 4.78 is 0. The van der Waals surface area contributed by atoms with E-state index in [1.807, 2.05) is 19.0 Å². The number of likely N-dealkylation sites (N-methyl/N-ethyl adjacent to an activating group) is 1. The number of aliphatic hydroxyl groups is 1. The molecule has 0 aromatic heterocycles. The zero-order valence-electron chi connectivity index (χ0n) is 11.1. The van der Waals surface area contributed by atoms with Crippen LogP contribution in [-0.2, 0) is 0 Å². The third-order valence-electron chi connectivity index (χ3n) is 2.44. The van der Waals surface area contributed by atoms with Gasteiger partial charge in [0.1, 0.15) is 0 Å². The van der Waals surface area contributed by atoms with Gasteiger partial charge in [0.25, 0.3) is 5.91 Å². The van der Waals surface area contributed by atoms with Crippen LogP contribution in [0.25, 0.3) is 0 Å². The standard InChI is InChI=1S/C13H21N3O2/c1-13(18,9-16(2)3)8-15-12(17)10-5-4-6-11(14)7-10/h4-7,18H,8-9,14H2,1-3H3,(H,15,17). The topological polar surface area (TPSA) is 78.6 Å². The van der Waals surface area contributed by atoms with Gasteiger partial charge in [-0.1, -0.05) is 6.07 Å². The molecule has 1 rings (SSSR count). The van der Waals surface area contributed by atoms with Gasteiger partial charge >= 0.3 is 0 Å². The zero-order valence-corrected chi connectivity index (χ0v) is 11.1. The maximum Gasteiger partial charge on any atom is 0.251 e. The lowest BCUT2D eigenvalue weighted by atomic mass is 10.1. The van der Waals surface area contributed by atoms with Gasteiger partial charge in [0, 0.05) is 24.3 Å². The number of benzene rings is 1. The number of rotatable bonds is 5. The van der Waals surface area contributed by atoms with E-state index < -0.39 is 5.60 Å². The molecule has 0 heterocycles. The van der Waals surface area contributed by atoms with Crippen LogP contribution in [0.1, 0.15) is 17.3 Å². The molecule has 4 N–H and O–H groups in total. The molecule has 100 valence electrons. The van der Waals surface area contributed by atoms with Crippen molar-refractivity contribution < 1.29 is 9.90 Å². The third kappa shape index (κ3) is 4.73. The summed E-state index contributed by atoms with van der Waals surface area (Å²) in [6.45, 7) is 2.36. The van der Waals surface area contributed by atoms with E-state index >= 15 is 0 Å². The van der Waals surface area contributed by atoms with Crippen molar-refractivity contribution in [3.05, 3.63) is 29.8 Å². The molecule has 0 spiro atoms. The van der Waals surface area contributed by atoms with Crippen LogP contribution >= 0.6 is 0 Å². The lowest BCUT2D eigenvalue weighted by Crippen LogP contribution is -2.47.